The van der Waals surface area contributed by atoms with Crippen LogP contribution in [0.2, 0.25) is 0 Å². The van der Waals surface area contributed by atoms with Gasteiger partial charge in [-0.15, -0.1) is 0 Å². The van der Waals surface area contributed by atoms with Gasteiger partial charge >= 0.3 is 5.69 Å². The third kappa shape index (κ3) is 4.54. The maximum Gasteiger partial charge on any atom is 0.305 e. The summed E-state index contributed by atoms with van der Waals surface area (Å²) in [5, 5.41) is 13.9. The van der Waals surface area contributed by atoms with Gasteiger partial charge in [-0.05, 0) is 20.0 Å². The van der Waals surface area contributed by atoms with E-state index in [1.807, 2.05) is 6.92 Å². The van der Waals surface area contributed by atoms with Crippen LogP contribution in [0.3, 0.4) is 0 Å². The van der Waals surface area contributed by atoms with Gasteiger partial charge in [0.1, 0.15) is 0 Å². The Bertz CT molecular complexity index is 450. The van der Waals surface area contributed by atoms with E-state index in [1.54, 1.807) is 6.07 Å². The lowest BCUT2D eigenvalue weighted by atomic mass is 10.1. The standard InChI is InChI=1S/C14H22FN3O2/c1-4-17(5-2)10-11(3)16-9-12-7-6-8-13(14(12)15)18(19)20/h6-8,11,16H,4-5,9-10H2,1-3H3. The molecule has 1 N–H and O–H groups in total. The van der Waals surface area contributed by atoms with Gasteiger partial charge in [0, 0.05) is 30.8 Å². The highest BCUT2D eigenvalue weighted by Crippen LogP contribution is 2.19. The smallest absolute Gasteiger partial charge is 0.305 e. The first kappa shape index (κ1) is 16.5. The minimum absolute atomic E-state index is 0.188. The number of nitrogens with one attached hydrogen (secondary N) is 1. The molecule has 5 nitrogen and oxygen atoms in total. The highest BCUT2D eigenvalue weighted by molar-refractivity contribution is 5.36. The number of nitrogens with zero attached hydrogens (tertiary/aromatic N) is 2. The Morgan fingerprint density at radius 1 is 1.40 bits per heavy atom. The monoisotopic (exact) mass is 283 g/mol. The predicted octanol–water partition coefficient (Wildman–Crippen LogP) is 2.55. The largest absolute Gasteiger partial charge is 0.309 e. The zero-order valence-corrected chi connectivity index (χ0v) is 12.2. The van der Waals surface area contributed by atoms with E-state index in [4.69, 9.17) is 0 Å². The van der Waals surface area contributed by atoms with E-state index in [9.17, 15) is 14.5 Å². The number of halogens is 1. The maximum atomic E-state index is 13.9. The van der Waals surface area contributed by atoms with Gasteiger partial charge in [0.2, 0.25) is 5.82 Å². The van der Waals surface area contributed by atoms with Crippen LogP contribution in [0.1, 0.15) is 26.3 Å². The third-order valence-electron chi connectivity index (χ3n) is 3.32. The summed E-state index contributed by atoms with van der Waals surface area (Å²) < 4.78 is 13.9. The van der Waals surface area contributed by atoms with Crippen LogP contribution in [0.15, 0.2) is 18.2 Å². The number of benzene rings is 1. The van der Waals surface area contributed by atoms with Crippen LogP contribution in [-0.2, 0) is 6.54 Å². The first-order valence-corrected chi connectivity index (χ1v) is 6.87. The van der Waals surface area contributed by atoms with E-state index in [0.29, 0.717) is 5.56 Å². The molecule has 112 valence electrons. The molecule has 1 unspecified atom stereocenters. The normalized spacial score (nSPS) is 12.7. The Kier molecular flexibility index (Phi) is 6.54. The maximum absolute atomic E-state index is 13.9. The summed E-state index contributed by atoms with van der Waals surface area (Å²) in [7, 11) is 0. The van der Waals surface area contributed by atoms with Crippen molar-refractivity contribution in [2.75, 3.05) is 19.6 Å². The van der Waals surface area contributed by atoms with Crippen molar-refractivity contribution >= 4 is 5.69 Å². The fraction of sp³-hybridized carbons (Fsp3) is 0.571. The van der Waals surface area contributed by atoms with Gasteiger partial charge in [-0.3, -0.25) is 10.1 Å². The molecule has 0 amide bonds. The molecule has 0 heterocycles. The Balaban J connectivity index is 2.62. The lowest BCUT2D eigenvalue weighted by Gasteiger charge is -2.23. The average Bonchev–Trinajstić information content (AvgIpc) is 2.43. The molecule has 6 heteroatoms. The van der Waals surface area contributed by atoms with Crippen molar-refractivity contribution in [2.45, 2.75) is 33.4 Å². The molecule has 0 aliphatic rings. The van der Waals surface area contributed by atoms with Crippen LogP contribution in [0.25, 0.3) is 0 Å². The SMILES string of the molecule is CCN(CC)CC(C)NCc1cccc([N+](=O)[O-])c1F. The number of hydrogen-bond donors (Lipinski definition) is 1. The van der Waals surface area contributed by atoms with Crippen molar-refractivity contribution in [3.63, 3.8) is 0 Å². The zero-order valence-electron chi connectivity index (χ0n) is 12.2. The molecule has 1 atom stereocenters. The van der Waals surface area contributed by atoms with E-state index < -0.39 is 16.4 Å². The molecule has 20 heavy (non-hydrogen) atoms. The van der Waals surface area contributed by atoms with Gasteiger partial charge in [-0.2, -0.15) is 4.39 Å². The van der Waals surface area contributed by atoms with Crippen molar-refractivity contribution in [3.8, 4) is 0 Å². The van der Waals surface area contributed by atoms with E-state index in [1.165, 1.54) is 12.1 Å². The van der Waals surface area contributed by atoms with Gasteiger partial charge < -0.3 is 10.2 Å². The lowest BCUT2D eigenvalue weighted by Crippen LogP contribution is -2.38. The summed E-state index contributed by atoms with van der Waals surface area (Å²) >= 11 is 0. The first-order chi connectivity index (χ1) is 9.49. The van der Waals surface area contributed by atoms with Crippen LogP contribution in [0, 0.1) is 15.9 Å². The molecule has 0 fully saturated rings. The van der Waals surface area contributed by atoms with Crippen LogP contribution < -0.4 is 5.32 Å². The molecule has 0 spiro atoms. The van der Waals surface area contributed by atoms with Crippen molar-refractivity contribution in [1.29, 1.82) is 0 Å². The quantitative estimate of drug-likeness (QED) is 0.588. The summed E-state index contributed by atoms with van der Waals surface area (Å²) in [6.07, 6.45) is 0. The molecule has 0 saturated carbocycles. The van der Waals surface area contributed by atoms with Crippen molar-refractivity contribution in [2.24, 2.45) is 0 Å². The second-order valence-electron chi connectivity index (χ2n) is 4.78. The summed E-state index contributed by atoms with van der Waals surface area (Å²) in [5.41, 5.74) is -0.147. The second kappa shape index (κ2) is 7.91. The summed E-state index contributed by atoms with van der Waals surface area (Å²) in [6.45, 7) is 9.29. The number of likely N-dealkylation sites (N-methyl/N-ethyl adjacent to an activating group) is 1. The van der Waals surface area contributed by atoms with Crippen molar-refractivity contribution in [1.82, 2.24) is 10.2 Å². The average molecular weight is 283 g/mol. The van der Waals surface area contributed by atoms with Gasteiger partial charge in [0.25, 0.3) is 0 Å². The zero-order chi connectivity index (χ0) is 15.1. The third-order valence-corrected chi connectivity index (χ3v) is 3.32. The summed E-state index contributed by atoms with van der Waals surface area (Å²) in [6, 6.07) is 4.44. The molecule has 1 rings (SSSR count). The molecule has 0 aliphatic heterocycles. The fourth-order valence-corrected chi connectivity index (χ4v) is 2.06. The summed E-state index contributed by atoms with van der Waals surface area (Å²) in [4.78, 5) is 12.2. The molecule has 0 radical (unpaired) electrons. The second-order valence-corrected chi connectivity index (χ2v) is 4.78. The van der Waals surface area contributed by atoms with Crippen LogP contribution in [0.4, 0.5) is 10.1 Å². The highest BCUT2D eigenvalue weighted by Gasteiger charge is 2.17. The number of hydrogen-bond acceptors (Lipinski definition) is 4. The first-order valence-electron chi connectivity index (χ1n) is 6.87. The number of nitro benzene ring substituents is 1. The summed E-state index contributed by atoms with van der Waals surface area (Å²) in [5.74, 6) is -0.750. The molecule has 0 aromatic heterocycles. The topological polar surface area (TPSA) is 58.4 Å². The Morgan fingerprint density at radius 3 is 2.60 bits per heavy atom. The Labute approximate surface area is 118 Å². The van der Waals surface area contributed by atoms with Gasteiger partial charge in [0.05, 0.1) is 4.92 Å². The molecule has 0 aliphatic carbocycles. The fourth-order valence-electron chi connectivity index (χ4n) is 2.06. The number of nitro groups is 1. The predicted molar refractivity (Wildman–Crippen MR) is 77.1 cm³/mol. The van der Waals surface area contributed by atoms with E-state index in [2.05, 4.69) is 24.1 Å². The van der Waals surface area contributed by atoms with Gasteiger partial charge in [-0.1, -0.05) is 26.0 Å². The minimum atomic E-state index is -0.750. The highest BCUT2D eigenvalue weighted by atomic mass is 19.1. The van der Waals surface area contributed by atoms with E-state index in [-0.39, 0.29) is 12.6 Å². The molecule has 1 aromatic carbocycles. The molecule has 0 bridgehead atoms. The number of rotatable bonds is 8. The molecular weight excluding hydrogens is 261 g/mol. The van der Waals surface area contributed by atoms with Crippen LogP contribution in [0.5, 0.6) is 0 Å². The lowest BCUT2D eigenvalue weighted by molar-refractivity contribution is -0.387. The van der Waals surface area contributed by atoms with Crippen LogP contribution in [-0.4, -0.2) is 35.5 Å². The molecular formula is C14H22FN3O2. The van der Waals surface area contributed by atoms with Crippen LogP contribution >= 0.6 is 0 Å². The van der Waals surface area contributed by atoms with Crippen molar-refractivity contribution in [3.05, 3.63) is 39.7 Å². The Morgan fingerprint density at radius 2 is 2.05 bits per heavy atom. The van der Waals surface area contributed by atoms with E-state index >= 15 is 0 Å². The minimum Gasteiger partial charge on any atom is -0.309 e. The van der Waals surface area contributed by atoms with Gasteiger partial charge in [-0.25, -0.2) is 0 Å². The van der Waals surface area contributed by atoms with E-state index in [0.717, 1.165) is 19.6 Å². The van der Waals surface area contributed by atoms with Gasteiger partial charge in [0.15, 0.2) is 0 Å². The van der Waals surface area contributed by atoms with Crippen molar-refractivity contribution < 1.29 is 9.31 Å². The molecule has 1 aromatic rings. The molecule has 0 saturated heterocycles. The Hall–Kier alpha value is -1.53.